The van der Waals surface area contributed by atoms with E-state index in [-0.39, 0.29) is 34.8 Å². The van der Waals surface area contributed by atoms with Crippen LogP contribution in [0.15, 0.2) is 78.9 Å². The van der Waals surface area contributed by atoms with Gasteiger partial charge in [-0.1, -0.05) is 132 Å². The number of rotatable bonds is 9. The smallest absolute Gasteiger partial charge is 0.148 e. The number of hydrogen-bond acceptors (Lipinski definition) is 5. The summed E-state index contributed by atoms with van der Waals surface area (Å²) in [6.45, 7) is 4.18. The molecule has 0 amide bonds. The zero-order valence-electron chi connectivity index (χ0n) is 37.2. The van der Waals surface area contributed by atoms with E-state index in [1.165, 1.54) is 49.7 Å². The van der Waals surface area contributed by atoms with Crippen LogP contribution in [0.2, 0.25) is 0 Å². The summed E-state index contributed by atoms with van der Waals surface area (Å²) < 4.78 is 0. The molecule has 0 atom stereocenters. The molecule has 4 saturated carbocycles. The van der Waals surface area contributed by atoms with Crippen molar-refractivity contribution < 1.29 is 25.5 Å². The Morgan fingerprint density at radius 3 is 1.18 bits per heavy atom. The Hall–Kier alpha value is -4.74. The van der Waals surface area contributed by atoms with Gasteiger partial charge in [-0.15, -0.1) is 0 Å². The largest absolute Gasteiger partial charge is 0.507 e. The van der Waals surface area contributed by atoms with Crippen molar-refractivity contribution in [3.63, 3.8) is 0 Å². The first-order valence-electron chi connectivity index (χ1n) is 24.3. The fourth-order valence-electron chi connectivity index (χ4n) is 12.5. The molecule has 0 unspecified atom stereocenters. The average molecular weight is 833 g/mol. The van der Waals surface area contributed by atoms with E-state index in [1.807, 2.05) is 66.7 Å². The highest BCUT2D eigenvalue weighted by molar-refractivity contribution is 5.92. The second-order valence-electron chi connectivity index (χ2n) is 19.7. The molecule has 5 aromatic rings. The topological polar surface area (TPSA) is 101 Å². The Morgan fingerprint density at radius 2 is 0.742 bits per heavy atom. The molecule has 4 fully saturated rings. The summed E-state index contributed by atoms with van der Waals surface area (Å²) in [6.07, 6.45) is 22.1. The lowest BCUT2D eigenvalue weighted by molar-refractivity contribution is 0.119. The van der Waals surface area contributed by atoms with Crippen molar-refractivity contribution in [3.05, 3.63) is 129 Å². The van der Waals surface area contributed by atoms with Gasteiger partial charge in [0.15, 0.2) is 0 Å². The summed E-state index contributed by atoms with van der Waals surface area (Å²) in [7, 11) is 0. The number of aliphatic hydroxyl groups is 1. The highest BCUT2D eigenvalue weighted by Gasteiger charge is 2.43. The highest BCUT2D eigenvalue weighted by atomic mass is 16.3. The van der Waals surface area contributed by atoms with Crippen molar-refractivity contribution in [1.29, 1.82) is 0 Å². The summed E-state index contributed by atoms with van der Waals surface area (Å²) >= 11 is 0. The van der Waals surface area contributed by atoms with Gasteiger partial charge in [0, 0.05) is 33.4 Å². The third-order valence-corrected chi connectivity index (χ3v) is 15.9. The number of phenolic OH excluding ortho intramolecular Hbond substituents is 4. The molecule has 0 saturated heterocycles. The molecule has 4 aliphatic carbocycles. The molecule has 62 heavy (non-hydrogen) atoms. The van der Waals surface area contributed by atoms with Crippen LogP contribution in [0, 0.1) is 13.8 Å². The fraction of sp³-hybridized carbons (Fsp3) is 0.474. The van der Waals surface area contributed by atoms with Gasteiger partial charge in [0.1, 0.15) is 28.6 Å². The summed E-state index contributed by atoms with van der Waals surface area (Å²) in [5.41, 5.74) is 7.67. The van der Waals surface area contributed by atoms with E-state index >= 15 is 0 Å². The van der Waals surface area contributed by atoms with Crippen molar-refractivity contribution >= 4 is 0 Å². The Balaban J connectivity index is 1.36. The van der Waals surface area contributed by atoms with E-state index in [0.29, 0.717) is 50.8 Å². The zero-order chi connectivity index (χ0) is 43.0. The van der Waals surface area contributed by atoms with Gasteiger partial charge in [-0.3, -0.25) is 0 Å². The Labute approximate surface area is 369 Å². The van der Waals surface area contributed by atoms with Gasteiger partial charge in [-0.25, -0.2) is 0 Å². The number of phenols is 4. The lowest BCUT2D eigenvalue weighted by atomic mass is 9.71. The number of para-hydroxylation sites is 2. The Kier molecular flexibility index (Phi) is 12.5. The van der Waals surface area contributed by atoms with Crippen molar-refractivity contribution in [2.45, 2.75) is 172 Å². The first-order valence-corrected chi connectivity index (χ1v) is 24.3. The van der Waals surface area contributed by atoms with E-state index in [0.717, 1.165) is 112 Å². The average Bonchev–Trinajstić information content (AvgIpc) is 3.30. The first kappa shape index (κ1) is 42.6. The van der Waals surface area contributed by atoms with Crippen molar-refractivity contribution in [3.8, 4) is 45.3 Å². The molecule has 5 nitrogen and oxygen atoms in total. The highest BCUT2D eigenvalue weighted by Crippen LogP contribution is 2.55. The molecule has 0 aromatic heterocycles. The third-order valence-electron chi connectivity index (χ3n) is 15.9. The van der Waals surface area contributed by atoms with Crippen LogP contribution in [0.3, 0.4) is 0 Å². The van der Waals surface area contributed by atoms with Gasteiger partial charge in [0.05, 0.1) is 0 Å². The number of aromatic hydroxyl groups is 4. The summed E-state index contributed by atoms with van der Waals surface area (Å²) in [5.74, 6) is 1.38. The van der Waals surface area contributed by atoms with E-state index < -0.39 is 5.60 Å². The van der Waals surface area contributed by atoms with Crippen LogP contribution in [0.25, 0.3) is 22.3 Å². The fourth-order valence-corrected chi connectivity index (χ4v) is 12.5. The standard InChI is InChI=1S/C57H68O5/c1-36-32-52(58)47(34-45(36)40-22-11-5-12-23-40)44-28-17-29-49(54(44)48-35-46(37(2)33-53(48)59)41-24-13-6-14-25-41)57(62,50-30-15-26-42(55(50)60)38-18-7-3-8-19-38)51-31-16-27-43(56(51)61)39-20-9-4-10-21-39/h15-17,26-35,38-41,58-62H,3-14,18-25H2,1-2H3. The second kappa shape index (κ2) is 18.2. The number of aryl methyl sites for hydroxylation is 2. The molecule has 0 spiro atoms. The molecule has 0 bridgehead atoms. The van der Waals surface area contributed by atoms with Crippen LogP contribution < -0.4 is 0 Å². The molecule has 326 valence electrons. The van der Waals surface area contributed by atoms with Crippen molar-refractivity contribution in [2.75, 3.05) is 0 Å². The SMILES string of the molecule is Cc1cc(O)c(-c2cccc(C(O)(c3cccc(C4CCCCC4)c3O)c3cccc(C4CCCCC4)c3O)c2-c2cc(C3CCCCC3)c(C)cc2O)cc1C1CCCCC1. The molecule has 5 aromatic carbocycles. The minimum atomic E-state index is -2.08. The maximum atomic E-state index is 14.3. The molecular weight excluding hydrogens is 765 g/mol. The van der Waals surface area contributed by atoms with Crippen LogP contribution in [-0.2, 0) is 5.60 Å². The van der Waals surface area contributed by atoms with Gasteiger partial charge in [-0.05, 0) is 152 Å². The molecule has 0 radical (unpaired) electrons. The van der Waals surface area contributed by atoms with Gasteiger partial charge in [0.2, 0.25) is 0 Å². The van der Waals surface area contributed by atoms with Gasteiger partial charge >= 0.3 is 0 Å². The minimum absolute atomic E-state index is 0.0505. The van der Waals surface area contributed by atoms with E-state index in [9.17, 15) is 25.5 Å². The van der Waals surface area contributed by atoms with E-state index in [1.54, 1.807) is 0 Å². The molecule has 0 aliphatic heterocycles. The molecule has 9 rings (SSSR count). The van der Waals surface area contributed by atoms with Gasteiger partial charge in [-0.2, -0.15) is 0 Å². The third kappa shape index (κ3) is 7.93. The van der Waals surface area contributed by atoms with Crippen LogP contribution in [0.4, 0.5) is 0 Å². The summed E-state index contributed by atoms with van der Waals surface area (Å²) in [4.78, 5) is 0. The zero-order valence-corrected chi connectivity index (χ0v) is 37.2. The molecule has 5 N–H and O–H groups in total. The Morgan fingerprint density at radius 1 is 0.387 bits per heavy atom. The minimum Gasteiger partial charge on any atom is -0.507 e. The van der Waals surface area contributed by atoms with Gasteiger partial charge < -0.3 is 25.5 Å². The Bertz CT molecular complexity index is 2320. The lowest BCUT2D eigenvalue weighted by Gasteiger charge is -2.36. The quantitative estimate of drug-likeness (QED) is 0.0953. The monoisotopic (exact) mass is 833 g/mol. The maximum absolute atomic E-state index is 14.3. The molecular formula is C57H68O5. The predicted octanol–water partition coefficient (Wildman–Crippen LogP) is 14.9. The van der Waals surface area contributed by atoms with E-state index in [4.69, 9.17) is 0 Å². The summed E-state index contributed by atoms with van der Waals surface area (Å²) in [5, 5.41) is 64.1. The molecule has 0 heterocycles. The molecule has 4 aliphatic rings. The van der Waals surface area contributed by atoms with Crippen molar-refractivity contribution in [1.82, 2.24) is 0 Å². The van der Waals surface area contributed by atoms with Gasteiger partial charge in [0.25, 0.3) is 0 Å². The van der Waals surface area contributed by atoms with E-state index in [2.05, 4.69) is 26.0 Å². The number of benzene rings is 5. The normalized spacial score (nSPS) is 18.9. The van der Waals surface area contributed by atoms with Crippen LogP contribution in [-0.4, -0.2) is 25.5 Å². The van der Waals surface area contributed by atoms with Crippen LogP contribution in [0.5, 0.6) is 23.0 Å². The summed E-state index contributed by atoms with van der Waals surface area (Å²) in [6, 6.07) is 25.5. The maximum Gasteiger partial charge on any atom is 0.148 e. The van der Waals surface area contributed by atoms with Crippen molar-refractivity contribution in [2.24, 2.45) is 0 Å². The lowest BCUT2D eigenvalue weighted by Crippen LogP contribution is -2.31. The van der Waals surface area contributed by atoms with Crippen LogP contribution >= 0.6 is 0 Å². The van der Waals surface area contributed by atoms with Crippen LogP contribution in [0.1, 0.15) is 202 Å². The number of hydrogen-bond donors (Lipinski definition) is 5. The second-order valence-corrected chi connectivity index (χ2v) is 19.7. The first-order chi connectivity index (χ1) is 30.1. The molecule has 5 heteroatoms. The predicted molar refractivity (Wildman–Crippen MR) is 252 cm³/mol.